The lowest BCUT2D eigenvalue weighted by molar-refractivity contribution is 0.289. The van der Waals surface area contributed by atoms with Gasteiger partial charge in [0.1, 0.15) is 10.7 Å². The van der Waals surface area contributed by atoms with Gasteiger partial charge in [0.15, 0.2) is 0 Å². The van der Waals surface area contributed by atoms with Crippen molar-refractivity contribution >= 4 is 21.6 Å². The normalized spacial score (nSPS) is 12.7. The van der Waals surface area contributed by atoms with Gasteiger partial charge in [-0.15, -0.1) is 0 Å². The van der Waals surface area contributed by atoms with Gasteiger partial charge in [-0.3, -0.25) is 0 Å². The van der Waals surface area contributed by atoms with E-state index in [2.05, 4.69) is 4.72 Å². The van der Waals surface area contributed by atoms with Gasteiger partial charge < -0.3 is 0 Å². The maximum Gasteiger partial charge on any atom is 0.243 e. The summed E-state index contributed by atoms with van der Waals surface area (Å²) in [4.78, 5) is -0.367. The molecule has 0 heterocycles. The predicted octanol–water partition coefficient (Wildman–Crippen LogP) is 3.69. The van der Waals surface area contributed by atoms with Gasteiger partial charge in [-0.05, 0) is 36.0 Å². The molecule has 1 aromatic carbocycles. The van der Waals surface area contributed by atoms with Gasteiger partial charge in [-0.1, -0.05) is 39.3 Å². The molecule has 0 fully saturated rings. The lowest BCUT2D eigenvalue weighted by Crippen LogP contribution is -2.34. The van der Waals surface area contributed by atoms with Crippen LogP contribution in [0.1, 0.15) is 27.7 Å². The Morgan fingerprint density at radius 1 is 1.20 bits per heavy atom. The third-order valence-corrected chi connectivity index (χ3v) is 5.10. The van der Waals surface area contributed by atoms with Crippen LogP contribution >= 0.6 is 11.6 Å². The van der Waals surface area contributed by atoms with Gasteiger partial charge in [0.05, 0.1) is 0 Å². The van der Waals surface area contributed by atoms with E-state index in [0.717, 1.165) is 6.07 Å². The topological polar surface area (TPSA) is 46.2 Å². The summed E-state index contributed by atoms with van der Waals surface area (Å²) >= 11 is 5.62. The second-order valence-electron chi connectivity index (χ2n) is 5.58. The Morgan fingerprint density at radius 2 is 1.75 bits per heavy atom. The van der Waals surface area contributed by atoms with Crippen LogP contribution in [0.5, 0.6) is 0 Å². The molecule has 0 aromatic heterocycles. The van der Waals surface area contributed by atoms with Crippen molar-refractivity contribution in [2.24, 2.45) is 17.8 Å². The summed E-state index contributed by atoms with van der Waals surface area (Å²) in [6.45, 7) is 8.47. The fourth-order valence-electron chi connectivity index (χ4n) is 2.22. The zero-order valence-electron chi connectivity index (χ0n) is 12.2. The standard InChI is InChI=1S/C14H21ClFNO2S/c1-9(2)12(10(3)4)8-17-20(18,19)14-6-5-11(15)7-13(14)16/h5-7,9-10,12,17H,8H2,1-4H3. The molecule has 0 radical (unpaired) electrons. The summed E-state index contributed by atoms with van der Waals surface area (Å²) in [5.74, 6) is 0.0382. The first-order chi connectivity index (χ1) is 9.15. The minimum Gasteiger partial charge on any atom is -0.211 e. The van der Waals surface area contributed by atoms with E-state index in [-0.39, 0.29) is 15.8 Å². The van der Waals surface area contributed by atoms with Crippen molar-refractivity contribution in [3.05, 3.63) is 29.0 Å². The third kappa shape index (κ3) is 4.43. The van der Waals surface area contributed by atoms with Crippen LogP contribution in [0.3, 0.4) is 0 Å². The number of hydrogen-bond acceptors (Lipinski definition) is 2. The molecule has 0 aliphatic heterocycles. The summed E-state index contributed by atoms with van der Waals surface area (Å²) in [6, 6.07) is 3.54. The number of benzene rings is 1. The second-order valence-corrected chi connectivity index (χ2v) is 7.75. The molecular formula is C14H21ClFNO2S. The Labute approximate surface area is 125 Å². The quantitative estimate of drug-likeness (QED) is 0.868. The zero-order chi connectivity index (χ0) is 15.5. The number of halogens is 2. The molecule has 20 heavy (non-hydrogen) atoms. The highest BCUT2D eigenvalue weighted by molar-refractivity contribution is 7.89. The fourth-order valence-corrected chi connectivity index (χ4v) is 3.51. The minimum atomic E-state index is -3.85. The first-order valence-electron chi connectivity index (χ1n) is 6.60. The van der Waals surface area contributed by atoms with Gasteiger partial charge in [0.25, 0.3) is 0 Å². The second kappa shape index (κ2) is 6.87. The molecule has 0 unspecified atom stereocenters. The molecule has 114 valence electrons. The number of sulfonamides is 1. The average molecular weight is 322 g/mol. The SMILES string of the molecule is CC(C)C(CNS(=O)(=O)c1ccc(Cl)cc1F)C(C)C. The Balaban J connectivity index is 2.90. The van der Waals surface area contributed by atoms with E-state index in [1.54, 1.807) is 0 Å². The van der Waals surface area contributed by atoms with E-state index in [9.17, 15) is 12.8 Å². The molecule has 1 rings (SSSR count). The number of hydrogen-bond donors (Lipinski definition) is 1. The van der Waals surface area contributed by atoms with E-state index in [1.807, 2.05) is 27.7 Å². The van der Waals surface area contributed by atoms with Crippen LogP contribution in [0.15, 0.2) is 23.1 Å². The molecule has 0 saturated carbocycles. The molecule has 0 atom stereocenters. The average Bonchev–Trinajstić information content (AvgIpc) is 2.26. The lowest BCUT2D eigenvalue weighted by atomic mass is 9.86. The van der Waals surface area contributed by atoms with E-state index in [4.69, 9.17) is 11.6 Å². The fraction of sp³-hybridized carbons (Fsp3) is 0.571. The monoisotopic (exact) mass is 321 g/mol. The molecule has 6 heteroatoms. The zero-order valence-corrected chi connectivity index (χ0v) is 13.7. The predicted molar refractivity (Wildman–Crippen MR) is 79.8 cm³/mol. The van der Waals surface area contributed by atoms with Gasteiger partial charge in [0, 0.05) is 11.6 Å². The van der Waals surface area contributed by atoms with Crippen LogP contribution in [0.25, 0.3) is 0 Å². The summed E-state index contributed by atoms with van der Waals surface area (Å²) < 4.78 is 40.4. The highest BCUT2D eigenvalue weighted by atomic mass is 35.5. The maximum atomic E-state index is 13.7. The molecule has 0 bridgehead atoms. The molecule has 0 amide bonds. The Morgan fingerprint density at radius 3 is 2.20 bits per heavy atom. The van der Waals surface area contributed by atoms with Crippen LogP contribution in [0, 0.1) is 23.6 Å². The highest BCUT2D eigenvalue weighted by Gasteiger charge is 2.23. The highest BCUT2D eigenvalue weighted by Crippen LogP contribution is 2.22. The molecular weight excluding hydrogens is 301 g/mol. The molecule has 3 nitrogen and oxygen atoms in total. The van der Waals surface area contributed by atoms with Gasteiger partial charge in [-0.2, -0.15) is 0 Å². The van der Waals surface area contributed by atoms with E-state index in [0.29, 0.717) is 18.4 Å². The first kappa shape index (κ1) is 17.4. The molecule has 1 aromatic rings. The van der Waals surface area contributed by atoms with E-state index < -0.39 is 15.8 Å². The molecule has 0 saturated heterocycles. The van der Waals surface area contributed by atoms with E-state index >= 15 is 0 Å². The lowest BCUT2D eigenvalue weighted by Gasteiger charge is -2.25. The summed E-state index contributed by atoms with van der Waals surface area (Å²) in [5.41, 5.74) is 0. The maximum absolute atomic E-state index is 13.7. The van der Waals surface area contributed by atoms with Crippen molar-refractivity contribution in [3.8, 4) is 0 Å². The largest absolute Gasteiger partial charge is 0.243 e. The van der Waals surface area contributed by atoms with Crippen LogP contribution < -0.4 is 4.72 Å². The molecule has 0 spiro atoms. The van der Waals surface area contributed by atoms with Crippen LogP contribution in [0.4, 0.5) is 4.39 Å². The van der Waals surface area contributed by atoms with Crippen LogP contribution in [-0.2, 0) is 10.0 Å². The van der Waals surface area contributed by atoms with Crippen molar-refractivity contribution in [1.29, 1.82) is 0 Å². The summed E-state index contributed by atoms with van der Waals surface area (Å²) in [7, 11) is -3.85. The molecule has 1 N–H and O–H groups in total. The molecule has 0 aliphatic rings. The van der Waals surface area contributed by atoms with Crippen molar-refractivity contribution in [2.45, 2.75) is 32.6 Å². The molecule has 0 aliphatic carbocycles. The smallest absolute Gasteiger partial charge is 0.211 e. The van der Waals surface area contributed by atoms with Crippen molar-refractivity contribution in [3.63, 3.8) is 0 Å². The Bertz CT molecular complexity index is 550. The van der Waals surface area contributed by atoms with E-state index in [1.165, 1.54) is 12.1 Å². The third-order valence-electron chi connectivity index (χ3n) is 3.41. The minimum absolute atomic E-state index is 0.170. The van der Waals surface area contributed by atoms with Gasteiger partial charge in [0.2, 0.25) is 10.0 Å². The first-order valence-corrected chi connectivity index (χ1v) is 8.46. The van der Waals surface area contributed by atoms with Crippen molar-refractivity contribution < 1.29 is 12.8 Å². The van der Waals surface area contributed by atoms with Crippen LogP contribution in [-0.4, -0.2) is 15.0 Å². The van der Waals surface area contributed by atoms with Gasteiger partial charge >= 0.3 is 0 Å². The van der Waals surface area contributed by atoms with Crippen molar-refractivity contribution in [2.75, 3.05) is 6.54 Å². The summed E-state index contributed by atoms with van der Waals surface area (Å²) in [6.07, 6.45) is 0. The Kier molecular flexibility index (Phi) is 5.98. The van der Waals surface area contributed by atoms with Crippen molar-refractivity contribution in [1.82, 2.24) is 4.72 Å². The van der Waals surface area contributed by atoms with Crippen LogP contribution in [0.2, 0.25) is 5.02 Å². The Hall–Kier alpha value is -0.650. The summed E-state index contributed by atoms with van der Waals surface area (Å²) in [5, 5.41) is 0.170. The van der Waals surface area contributed by atoms with Gasteiger partial charge in [-0.25, -0.2) is 17.5 Å². The number of nitrogens with one attached hydrogen (secondary N) is 1. The number of rotatable bonds is 6.